The van der Waals surface area contributed by atoms with Crippen LogP contribution in [0.2, 0.25) is 0 Å². The van der Waals surface area contributed by atoms with Crippen LogP contribution in [0.3, 0.4) is 0 Å². The van der Waals surface area contributed by atoms with Crippen LogP contribution in [-0.4, -0.2) is 4.57 Å². The molecule has 59 heavy (non-hydrogen) atoms. The maximum Gasteiger partial charge on any atom is 0.499 e. The fraction of sp³-hybridized carbons (Fsp3) is 0.127. The van der Waals surface area contributed by atoms with Crippen LogP contribution in [0.4, 0.5) is 0 Å². The van der Waals surface area contributed by atoms with E-state index in [1.807, 2.05) is 12.1 Å². The van der Waals surface area contributed by atoms with Crippen LogP contribution in [0.5, 0.6) is 5.75 Å². The first kappa shape index (κ1) is 31.0. The number of para-hydroxylation sites is 2. The zero-order valence-corrected chi connectivity index (χ0v) is 33.4. The van der Waals surface area contributed by atoms with Crippen LogP contribution in [0.25, 0.3) is 83.9 Å². The van der Waals surface area contributed by atoms with Gasteiger partial charge in [0.05, 0.1) is 5.56 Å². The summed E-state index contributed by atoms with van der Waals surface area (Å²) < 4.78 is 38.9. The highest BCUT2D eigenvalue weighted by Gasteiger charge is 2.68. The van der Waals surface area contributed by atoms with Gasteiger partial charge in [-0.15, -0.1) is 9.13 Å². The van der Waals surface area contributed by atoms with Crippen molar-refractivity contribution in [1.82, 2.24) is 4.57 Å². The first-order valence-electron chi connectivity index (χ1n) is 21.9. The zero-order valence-electron chi connectivity index (χ0n) is 36.4. The van der Waals surface area contributed by atoms with E-state index in [0.29, 0.717) is 5.56 Å². The molecular formula is C55H43N3O+2. The highest BCUT2D eigenvalue weighted by molar-refractivity contribution is 5.99. The van der Waals surface area contributed by atoms with Gasteiger partial charge in [0.15, 0.2) is 17.2 Å². The summed E-state index contributed by atoms with van der Waals surface area (Å²) in [6, 6.07) is 57.8. The Kier molecular flexibility index (Phi) is 6.31. The smallest absolute Gasteiger partial charge is 0.392 e. The molecule has 4 heteroatoms. The second-order valence-electron chi connectivity index (χ2n) is 17.2. The van der Waals surface area contributed by atoms with Crippen molar-refractivity contribution in [3.63, 3.8) is 0 Å². The Balaban J connectivity index is 1.22. The summed E-state index contributed by atoms with van der Waals surface area (Å²) in [7, 11) is 0. The Hall–Kier alpha value is -7.04. The first-order valence-corrected chi connectivity index (χ1v) is 20.4. The molecule has 1 unspecified atom stereocenters. The molecule has 1 spiro atoms. The third-order valence-corrected chi connectivity index (χ3v) is 12.7. The van der Waals surface area contributed by atoms with Crippen LogP contribution < -0.4 is 13.9 Å². The number of nitrogens with zero attached hydrogens (tertiary/aromatic N) is 3. The molecular weight excluding hydrogens is 719 g/mol. The highest BCUT2D eigenvalue weighted by Crippen LogP contribution is 2.54. The SMILES string of the molecule is [2H]C([2H])([2H])c1ccc(-c2cc[n+]3c(c2)-c2cc(C(C)(C)C)cc4c2C32Oc3ccccc3-c3n(-c5cc(-c6ccccc6)c(C)cc5-c5ccccc5)c5cccc-4c5[n+]32)cc1. The van der Waals surface area contributed by atoms with Crippen molar-refractivity contribution < 1.29 is 18.0 Å². The molecule has 0 aliphatic carbocycles. The van der Waals surface area contributed by atoms with E-state index in [1.54, 1.807) is 12.1 Å². The van der Waals surface area contributed by atoms with E-state index in [1.165, 1.54) is 22.3 Å². The highest BCUT2D eigenvalue weighted by atomic mass is 16.5. The molecule has 7 aromatic carbocycles. The molecule has 5 heterocycles. The van der Waals surface area contributed by atoms with E-state index >= 15 is 0 Å². The van der Waals surface area contributed by atoms with Crippen molar-refractivity contribution in [1.29, 1.82) is 0 Å². The van der Waals surface area contributed by atoms with Gasteiger partial charge in [0.2, 0.25) is 5.69 Å². The average Bonchev–Trinajstić information content (AvgIpc) is 3.77. The Labute approximate surface area is 349 Å². The topological polar surface area (TPSA) is 21.9 Å². The Morgan fingerprint density at radius 3 is 2.03 bits per heavy atom. The fourth-order valence-corrected chi connectivity index (χ4v) is 9.96. The van der Waals surface area contributed by atoms with Crippen LogP contribution in [0, 0.1) is 13.8 Å². The third kappa shape index (κ3) is 4.66. The van der Waals surface area contributed by atoms with Gasteiger partial charge in [0, 0.05) is 32.9 Å². The molecule has 0 fully saturated rings. The lowest BCUT2D eigenvalue weighted by atomic mass is 9.80. The second kappa shape index (κ2) is 12.0. The number of pyridine rings is 1. The molecule has 12 rings (SSSR count). The van der Waals surface area contributed by atoms with Crippen molar-refractivity contribution in [2.75, 3.05) is 0 Å². The number of imidazole rings is 1. The van der Waals surface area contributed by atoms with Gasteiger partial charge < -0.3 is 4.74 Å². The summed E-state index contributed by atoms with van der Waals surface area (Å²) in [6.45, 7) is 6.88. The molecule has 1 atom stereocenters. The quantitative estimate of drug-likeness (QED) is 0.164. The monoisotopic (exact) mass is 764 g/mol. The molecule has 0 radical (unpaired) electrons. The maximum absolute atomic E-state index is 7.97. The molecule has 0 saturated heterocycles. The lowest BCUT2D eigenvalue weighted by Crippen LogP contribution is -2.78. The van der Waals surface area contributed by atoms with Crippen LogP contribution in [-0.2, 0) is 11.3 Å². The van der Waals surface area contributed by atoms with E-state index in [4.69, 9.17) is 8.85 Å². The molecule has 3 aliphatic heterocycles. The second-order valence-corrected chi connectivity index (χ2v) is 17.2. The van der Waals surface area contributed by atoms with E-state index in [2.05, 4.69) is 187 Å². The summed E-state index contributed by atoms with van der Waals surface area (Å²) >= 11 is 0. The molecule has 0 bridgehead atoms. The number of aromatic nitrogens is 3. The lowest BCUT2D eigenvalue weighted by Gasteiger charge is -2.33. The molecule has 2 aromatic heterocycles. The summed E-state index contributed by atoms with van der Waals surface area (Å²) in [5.74, 6) is 0.732. The molecule has 0 saturated carbocycles. The number of hydrogen-bond acceptors (Lipinski definition) is 1. The largest absolute Gasteiger partial charge is 0.499 e. The number of aryl methyl sites for hydroxylation is 2. The summed E-state index contributed by atoms with van der Waals surface area (Å²) in [4.78, 5) is 0. The van der Waals surface area contributed by atoms with Gasteiger partial charge in [-0.25, -0.2) is 0 Å². The van der Waals surface area contributed by atoms with Gasteiger partial charge in [0.1, 0.15) is 22.6 Å². The molecule has 9 aromatic rings. The molecule has 4 nitrogen and oxygen atoms in total. The van der Waals surface area contributed by atoms with Crippen molar-refractivity contribution in [2.45, 2.75) is 45.8 Å². The predicted molar refractivity (Wildman–Crippen MR) is 238 cm³/mol. The van der Waals surface area contributed by atoms with E-state index in [9.17, 15) is 0 Å². The molecule has 0 N–H and O–H groups in total. The standard InChI is InChI=1S/C55H43N3O/c1-34-23-25-36(26-24-34)39-27-28-56-48(30-39)46-32-40(54(3,4)5)31-45-41-20-14-21-47-52(41)58-53(42-19-12-13-22-50(42)59-55(56,58)51(45)46)57(47)49-33-43(37-15-8-6-9-16-37)35(2)29-44(49)38-17-10-7-11-18-38/h6-33H,1-5H3/q+2/i1D3. The number of rotatable bonds is 4. The first-order chi connectivity index (χ1) is 29.9. The van der Waals surface area contributed by atoms with E-state index in [0.717, 1.165) is 84.1 Å². The number of benzene rings is 7. The van der Waals surface area contributed by atoms with Crippen molar-refractivity contribution >= 4 is 11.0 Å². The lowest BCUT2D eigenvalue weighted by molar-refractivity contribution is -0.997. The normalized spacial score (nSPS) is 16.4. The summed E-state index contributed by atoms with van der Waals surface area (Å²) in [6.07, 6.45) is 2.17. The van der Waals surface area contributed by atoms with E-state index in [-0.39, 0.29) is 5.41 Å². The van der Waals surface area contributed by atoms with Crippen molar-refractivity contribution in [3.05, 3.63) is 192 Å². The van der Waals surface area contributed by atoms with Crippen LogP contribution >= 0.6 is 0 Å². The molecule has 282 valence electrons. The van der Waals surface area contributed by atoms with E-state index < -0.39 is 12.7 Å². The van der Waals surface area contributed by atoms with Gasteiger partial charge >= 0.3 is 11.7 Å². The zero-order chi connectivity index (χ0) is 42.3. The molecule has 0 amide bonds. The van der Waals surface area contributed by atoms with Gasteiger partial charge in [0.25, 0.3) is 0 Å². The minimum Gasteiger partial charge on any atom is -0.392 e. The van der Waals surface area contributed by atoms with Crippen molar-refractivity contribution in [3.8, 4) is 78.6 Å². The van der Waals surface area contributed by atoms with Gasteiger partial charge in [-0.3, -0.25) is 0 Å². The predicted octanol–water partition coefficient (Wildman–Crippen LogP) is 12.3. The van der Waals surface area contributed by atoms with Gasteiger partial charge in [-0.05, 0) is 107 Å². The van der Waals surface area contributed by atoms with Crippen LogP contribution in [0.1, 0.15) is 47.1 Å². The van der Waals surface area contributed by atoms with Gasteiger partial charge in [-0.1, -0.05) is 129 Å². The Morgan fingerprint density at radius 1 is 0.593 bits per heavy atom. The summed E-state index contributed by atoms with van der Waals surface area (Å²) in [5, 5.41) is 0. The van der Waals surface area contributed by atoms with Gasteiger partial charge in [-0.2, -0.15) is 4.57 Å². The number of fused-ring (bicyclic) bond motifs is 5. The Bertz CT molecular complexity index is 3340. The third-order valence-electron chi connectivity index (χ3n) is 12.7. The minimum absolute atomic E-state index is 0.145. The fourth-order valence-electron chi connectivity index (χ4n) is 9.96. The Morgan fingerprint density at radius 2 is 1.29 bits per heavy atom. The molecule has 3 aliphatic rings. The average molecular weight is 765 g/mol. The van der Waals surface area contributed by atoms with Crippen LogP contribution in [0.15, 0.2) is 170 Å². The summed E-state index contributed by atoms with van der Waals surface area (Å²) in [5.41, 5.74) is 19.1. The minimum atomic E-state index is -2.17. The maximum atomic E-state index is 7.97. The number of ether oxygens (including phenoxy) is 1. The van der Waals surface area contributed by atoms with Crippen molar-refractivity contribution in [2.24, 2.45) is 0 Å². The number of hydrogen-bond donors (Lipinski definition) is 0.